The lowest BCUT2D eigenvalue weighted by Gasteiger charge is -2.06. The van der Waals surface area contributed by atoms with Crippen molar-refractivity contribution in [3.8, 4) is 56.5 Å². The molecule has 8 aromatic rings. The van der Waals surface area contributed by atoms with Crippen LogP contribution in [-0.4, -0.2) is 19.9 Å². The second-order valence-electron chi connectivity index (χ2n) is 12.5. The van der Waals surface area contributed by atoms with E-state index < -0.39 is 0 Å². The average Bonchev–Trinajstić information content (AvgIpc) is 3.85. The molecule has 3 aromatic heterocycles. The predicted molar refractivity (Wildman–Crippen MR) is 196 cm³/mol. The number of aryl methyl sites for hydroxylation is 1. The molecule has 5 nitrogen and oxygen atoms in total. The normalized spacial score (nSPS) is 11.9. The van der Waals surface area contributed by atoms with Gasteiger partial charge in [0.1, 0.15) is 11.5 Å². The number of hydrogen-bond acceptors (Lipinski definition) is 3. The molecule has 2 aliphatic rings. The molecule has 5 heteroatoms. The van der Waals surface area contributed by atoms with E-state index in [-0.39, 0.29) is 0 Å². The lowest BCUT2D eigenvalue weighted by Crippen LogP contribution is -1.84. The Morgan fingerprint density at radius 3 is 1.27 bits per heavy atom. The first-order chi connectivity index (χ1) is 23.6. The van der Waals surface area contributed by atoms with Crippen LogP contribution >= 0.6 is 0 Å². The van der Waals surface area contributed by atoms with E-state index in [1.165, 1.54) is 5.56 Å². The van der Waals surface area contributed by atoms with E-state index >= 15 is 0 Å². The van der Waals surface area contributed by atoms with Crippen molar-refractivity contribution in [2.45, 2.75) is 6.92 Å². The number of H-pyrrole nitrogens is 2. The van der Waals surface area contributed by atoms with Crippen LogP contribution in [0.15, 0.2) is 140 Å². The first kappa shape index (κ1) is 26.7. The topological polar surface area (TPSA) is 66.6 Å². The fraction of sp³-hybridized carbons (Fsp3) is 0.0233. The number of aromatic amines is 2. The Bertz CT molecular complexity index is 2760. The van der Waals surface area contributed by atoms with E-state index in [9.17, 15) is 0 Å². The molecule has 5 aromatic carbocycles. The molecule has 8 bridgehead atoms. The molecule has 0 saturated heterocycles. The summed E-state index contributed by atoms with van der Waals surface area (Å²) in [6, 6.07) is 48.5. The molecule has 0 fully saturated rings. The van der Waals surface area contributed by atoms with Gasteiger partial charge in [-0.2, -0.15) is 0 Å². The van der Waals surface area contributed by atoms with E-state index in [2.05, 4.69) is 138 Å². The van der Waals surface area contributed by atoms with Gasteiger partial charge in [0.15, 0.2) is 0 Å². The van der Waals surface area contributed by atoms with Gasteiger partial charge in [-0.1, -0.05) is 90.5 Å². The molecule has 0 amide bonds. The number of hydrogen-bond donors (Lipinski definition) is 2. The third-order valence-corrected chi connectivity index (χ3v) is 9.44. The fourth-order valence-electron chi connectivity index (χ4n) is 7.10. The maximum absolute atomic E-state index is 6.33. The molecule has 0 atom stereocenters. The number of benzene rings is 5. The largest absolute Gasteiger partial charge is 0.457 e. The van der Waals surface area contributed by atoms with Crippen molar-refractivity contribution in [2.24, 2.45) is 0 Å². The molecule has 48 heavy (non-hydrogen) atoms. The van der Waals surface area contributed by atoms with Gasteiger partial charge in [0.2, 0.25) is 0 Å². The van der Waals surface area contributed by atoms with Crippen LogP contribution in [0.4, 0.5) is 0 Å². The Labute approximate surface area is 276 Å². The van der Waals surface area contributed by atoms with Crippen LogP contribution in [0.25, 0.3) is 88.6 Å². The zero-order valence-corrected chi connectivity index (χ0v) is 26.1. The first-order valence-corrected chi connectivity index (χ1v) is 16.2. The maximum Gasteiger partial charge on any atom is 0.128 e. The van der Waals surface area contributed by atoms with Crippen molar-refractivity contribution in [3.63, 3.8) is 0 Å². The quantitative estimate of drug-likeness (QED) is 0.203. The van der Waals surface area contributed by atoms with E-state index in [4.69, 9.17) is 14.7 Å². The molecule has 0 saturated carbocycles. The maximum atomic E-state index is 6.33. The molecule has 0 radical (unpaired) electrons. The highest BCUT2D eigenvalue weighted by molar-refractivity contribution is 6.10. The molecular weight excluding hydrogens is 589 g/mol. The summed E-state index contributed by atoms with van der Waals surface area (Å²) in [5, 5.41) is 4.43. The van der Waals surface area contributed by atoms with E-state index in [1.54, 1.807) is 0 Å². The third kappa shape index (κ3) is 4.25. The lowest BCUT2D eigenvalue weighted by molar-refractivity contribution is 0.483. The van der Waals surface area contributed by atoms with Crippen LogP contribution in [0.1, 0.15) is 5.56 Å². The van der Waals surface area contributed by atoms with Crippen molar-refractivity contribution >= 4 is 43.6 Å². The van der Waals surface area contributed by atoms with Crippen LogP contribution in [0.3, 0.4) is 0 Å². The van der Waals surface area contributed by atoms with Gasteiger partial charge >= 0.3 is 0 Å². The minimum absolute atomic E-state index is 0.773. The summed E-state index contributed by atoms with van der Waals surface area (Å²) in [6.45, 7) is 2.08. The zero-order chi connectivity index (χ0) is 31.8. The number of ether oxygens (including phenoxy) is 1. The molecule has 0 spiro atoms. The minimum Gasteiger partial charge on any atom is -0.457 e. The molecule has 2 aliphatic heterocycles. The second kappa shape index (κ2) is 10.3. The lowest BCUT2D eigenvalue weighted by atomic mass is 10.0. The van der Waals surface area contributed by atoms with Crippen molar-refractivity contribution in [3.05, 3.63) is 145 Å². The number of nitrogens with zero attached hydrogens (tertiary/aromatic N) is 2. The Morgan fingerprint density at radius 2 is 0.792 bits per heavy atom. The van der Waals surface area contributed by atoms with Crippen molar-refractivity contribution in [1.29, 1.82) is 0 Å². The molecule has 10 rings (SSSR count). The summed E-state index contributed by atoms with van der Waals surface area (Å²) < 4.78 is 6.33. The van der Waals surface area contributed by atoms with Crippen molar-refractivity contribution < 1.29 is 4.74 Å². The van der Waals surface area contributed by atoms with Gasteiger partial charge in [0.25, 0.3) is 0 Å². The SMILES string of the molecule is Cc1ccc(Oc2ccc3c4cc5nc(cc6[nH]c(cc7nc(cc([nH]4)c3c2)-c2ccccc2-7)c2ccccc62)-c2ccccc2-5)cc1. The molecule has 0 aliphatic carbocycles. The summed E-state index contributed by atoms with van der Waals surface area (Å²) >= 11 is 0. The van der Waals surface area contributed by atoms with Gasteiger partial charge in [0, 0.05) is 65.9 Å². The summed E-state index contributed by atoms with van der Waals surface area (Å²) in [5.41, 5.74) is 13.3. The van der Waals surface area contributed by atoms with Crippen molar-refractivity contribution in [1.82, 2.24) is 19.9 Å². The predicted octanol–water partition coefficient (Wildman–Crippen LogP) is 11.4. The van der Waals surface area contributed by atoms with Gasteiger partial charge in [0.05, 0.1) is 22.8 Å². The summed E-state index contributed by atoms with van der Waals surface area (Å²) in [7, 11) is 0. The average molecular weight is 617 g/mol. The van der Waals surface area contributed by atoms with Crippen LogP contribution in [0, 0.1) is 6.92 Å². The van der Waals surface area contributed by atoms with Gasteiger partial charge in [-0.05, 0) is 61.5 Å². The molecule has 226 valence electrons. The van der Waals surface area contributed by atoms with Crippen LogP contribution in [-0.2, 0) is 0 Å². The first-order valence-electron chi connectivity index (χ1n) is 16.2. The molecular formula is C43H28N4O. The van der Waals surface area contributed by atoms with Crippen LogP contribution in [0.2, 0.25) is 0 Å². The van der Waals surface area contributed by atoms with Gasteiger partial charge < -0.3 is 14.7 Å². The number of aromatic nitrogens is 4. The van der Waals surface area contributed by atoms with Crippen molar-refractivity contribution in [2.75, 3.05) is 0 Å². The number of rotatable bonds is 2. The third-order valence-electron chi connectivity index (χ3n) is 9.44. The monoisotopic (exact) mass is 616 g/mol. The Balaban J connectivity index is 1.32. The molecule has 5 heterocycles. The summed E-state index contributed by atoms with van der Waals surface area (Å²) in [5.74, 6) is 1.58. The van der Waals surface area contributed by atoms with Gasteiger partial charge in [-0.15, -0.1) is 0 Å². The highest BCUT2D eigenvalue weighted by atomic mass is 16.5. The molecule has 2 N–H and O–H groups in total. The summed E-state index contributed by atoms with van der Waals surface area (Å²) in [4.78, 5) is 17.9. The van der Waals surface area contributed by atoms with Gasteiger partial charge in [-0.3, -0.25) is 0 Å². The Kier molecular flexibility index (Phi) is 5.72. The Morgan fingerprint density at radius 1 is 0.396 bits per heavy atom. The van der Waals surface area contributed by atoms with Crippen LogP contribution in [0.5, 0.6) is 11.5 Å². The van der Waals surface area contributed by atoms with E-state index in [1.807, 2.05) is 18.2 Å². The number of nitrogens with one attached hydrogen (secondary N) is 2. The fourth-order valence-corrected chi connectivity index (χ4v) is 7.10. The molecule has 0 unspecified atom stereocenters. The van der Waals surface area contributed by atoms with Gasteiger partial charge in [-0.25, -0.2) is 9.97 Å². The standard InChI is InChI=1S/C43H28N4O/c1-25-14-16-26(17-15-25)48-27-18-19-34-35(20-27)43-24-41-33-13-7-6-12-32(33)39(46-41)22-37-29-9-3-2-8-28(29)36(44-37)21-38-30-10-4-5-11-31(30)40(45-38)23-42(34)47-43/h2-24,44,47H,1H3. The highest BCUT2D eigenvalue weighted by Crippen LogP contribution is 2.40. The number of fused-ring (bicyclic) bond motifs is 20. The summed E-state index contributed by atoms with van der Waals surface area (Å²) in [6.07, 6.45) is 0. The Hall–Kier alpha value is -6.46. The van der Waals surface area contributed by atoms with E-state index in [0.717, 1.165) is 100 Å². The van der Waals surface area contributed by atoms with Crippen LogP contribution < -0.4 is 4.74 Å². The second-order valence-corrected chi connectivity index (χ2v) is 12.5. The highest BCUT2D eigenvalue weighted by Gasteiger charge is 2.19. The zero-order valence-electron chi connectivity index (χ0n) is 26.1. The smallest absolute Gasteiger partial charge is 0.128 e. The van der Waals surface area contributed by atoms with E-state index in [0.29, 0.717) is 0 Å². The minimum atomic E-state index is 0.773.